The Morgan fingerprint density at radius 1 is 1.21 bits per heavy atom. The molecule has 0 unspecified atom stereocenters. The smallest absolute Gasteiger partial charge is 0.227 e. The van der Waals surface area contributed by atoms with Gasteiger partial charge in [-0.25, -0.2) is 9.97 Å². The van der Waals surface area contributed by atoms with Crippen LogP contribution in [0.4, 0.5) is 5.95 Å². The summed E-state index contributed by atoms with van der Waals surface area (Å²) < 4.78 is 0. The van der Waals surface area contributed by atoms with E-state index >= 15 is 0 Å². The molecule has 0 saturated carbocycles. The van der Waals surface area contributed by atoms with Crippen LogP contribution in [0.2, 0.25) is 5.15 Å². The maximum absolute atomic E-state index is 6.08. The van der Waals surface area contributed by atoms with Crippen molar-refractivity contribution in [2.75, 3.05) is 18.0 Å². The maximum Gasteiger partial charge on any atom is 0.227 e. The fraction of sp³-hybridized carbons (Fsp3) is 0.556. The Hall–Kier alpha value is -0.870. The van der Waals surface area contributed by atoms with Crippen LogP contribution in [-0.2, 0) is 13.1 Å². The van der Waals surface area contributed by atoms with Gasteiger partial charge in [-0.15, -0.1) is 0 Å². The molecule has 0 aliphatic carbocycles. The van der Waals surface area contributed by atoms with Crippen LogP contribution in [-0.4, -0.2) is 23.1 Å². The number of nitrogens with one attached hydrogen (secondary N) is 1. The van der Waals surface area contributed by atoms with Crippen molar-refractivity contribution in [2.45, 2.75) is 19.5 Å². The lowest BCUT2D eigenvalue weighted by Gasteiger charge is -2.31. The Balaban J connectivity index is 2.02. The van der Waals surface area contributed by atoms with Gasteiger partial charge in [-0.05, 0) is 6.42 Å². The minimum Gasteiger partial charge on any atom is -0.341 e. The summed E-state index contributed by atoms with van der Waals surface area (Å²) in [5.74, 6) is 0.795. The van der Waals surface area contributed by atoms with Gasteiger partial charge in [0, 0.05) is 31.7 Å². The van der Waals surface area contributed by atoms with Gasteiger partial charge in [0.05, 0.1) is 5.69 Å². The first-order valence-corrected chi connectivity index (χ1v) is 5.23. The quantitative estimate of drug-likeness (QED) is 0.701. The van der Waals surface area contributed by atoms with Crippen LogP contribution >= 0.6 is 11.6 Å². The Bertz CT molecular complexity index is 375. The summed E-state index contributed by atoms with van der Waals surface area (Å²) in [6, 6.07) is 0. The lowest BCUT2D eigenvalue weighted by atomic mass is 10.2. The molecule has 1 aromatic heterocycles. The zero-order valence-electron chi connectivity index (χ0n) is 7.76. The predicted molar refractivity (Wildman–Crippen MR) is 54.4 cm³/mol. The molecule has 0 bridgehead atoms. The second-order valence-corrected chi connectivity index (χ2v) is 4.04. The van der Waals surface area contributed by atoms with Gasteiger partial charge in [-0.2, -0.15) is 0 Å². The van der Waals surface area contributed by atoms with E-state index in [0.717, 1.165) is 43.4 Å². The molecule has 1 saturated heterocycles. The van der Waals surface area contributed by atoms with Gasteiger partial charge in [0.1, 0.15) is 5.15 Å². The topological polar surface area (TPSA) is 41.1 Å². The highest BCUT2D eigenvalue weighted by Gasteiger charge is 2.22. The second-order valence-electron chi connectivity index (χ2n) is 3.68. The molecule has 5 heteroatoms. The average molecular weight is 211 g/mol. The van der Waals surface area contributed by atoms with Crippen molar-refractivity contribution in [1.29, 1.82) is 0 Å². The summed E-state index contributed by atoms with van der Waals surface area (Å²) in [4.78, 5) is 11.0. The van der Waals surface area contributed by atoms with E-state index in [-0.39, 0.29) is 0 Å². The molecule has 1 aromatic rings. The van der Waals surface area contributed by atoms with E-state index in [1.165, 1.54) is 6.42 Å². The molecule has 0 amide bonds. The third-order valence-electron chi connectivity index (χ3n) is 2.76. The lowest BCUT2D eigenvalue weighted by Crippen LogP contribution is -2.38. The number of hydrogen-bond acceptors (Lipinski definition) is 4. The van der Waals surface area contributed by atoms with Crippen LogP contribution in [0, 0.1) is 0 Å². The fourth-order valence-electron chi connectivity index (χ4n) is 1.77. The van der Waals surface area contributed by atoms with E-state index in [1.807, 2.05) is 0 Å². The van der Waals surface area contributed by atoms with E-state index < -0.39 is 0 Å². The predicted octanol–water partition coefficient (Wildman–Crippen LogP) is 0.943. The van der Waals surface area contributed by atoms with Crippen LogP contribution in [0.3, 0.4) is 0 Å². The Morgan fingerprint density at radius 3 is 2.79 bits per heavy atom. The first-order chi connectivity index (χ1) is 6.84. The van der Waals surface area contributed by atoms with E-state index in [2.05, 4.69) is 20.2 Å². The summed E-state index contributed by atoms with van der Waals surface area (Å²) in [5.41, 5.74) is 2.13. The minimum atomic E-state index is 0.613. The van der Waals surface area contributed by atoms with Gasteiger partial charge in [-0.1, -0.05) is 11.6 Å². The summed E-state index contributed by atoms with van der Waals surface area (Å²) >= 11 is 6.08. The third-order valence-corrected chi connectivity index (χ3v) is 3.08. The maximum atomic E-state index is 6.08. The van der Waals surface area contributed by atoms with Crippen molar-refractivity contribution in [3.05, 3.63) is 16.4 Å². The largest absolute Gasteiger partial charge is 0.341 e. The minimum absolute atomic E-state index is 0.613. The monoisotopic (exact) mass is 210 g/mol. The van der Waals surface area contributed by atoms with Crippen LogP contribution in [0.5, 0.6) is 0 Å². The zero-order valence-corrected chi connectivity index (χ0v) is 8.51. The molecule has 14 heavy (non-hydrogen) atoms. The molecular weight excluding hydrogens is 200 g/mol. The standard InChI is InChI=1S/C9H11ClN4/c10-8-6-4-11-5-7(6)12-9(13-8)14-2-1-3-14/h11H,1-5H2. The number of fused-ring (bicyclic) bond motifs is 1. The Morgan fingerprint density at radius 2 is 2.07 bits per heavy atom. The van der Waals surface area contributed by atoms with Crippen molar-refractivity contribution in [3.63, 3.8) is 0 Å². The molecule has 1 fully saturated rings. The van der Waals surface area contributed by atoms with Crippen molar-refractivity contribution in [1.82, 2.24) is 15.3 Å². The fourth-order valence-corrected chi connectivity index (χ4v) is 2.02. The highest BCUT2D eigenvalue weighted by Crippen LogP contribution is 2.25. The number of halogens is 1. The van der Waals surface area contributed by atoms with Gasteiger partial charge < -0.3 is 10.2 Å². The van der Waals surface area contributed by atoms with Crippen LogP contribution in [0.15, 0.2) is 0 Å². The van der Waals surface area contributed by atoms with E-state index in [0.29, 0.717) is 5.15 Å². The number of hydrogen-bond donors (Lipinski definition) is 1. The SMILES string of the molecule is Clc1nc(N2CCC2)nc2c1CNC2. The van der Waals surface area contributed by atoms with Crippen LogP contribution < -0.4 is 10.2 Å². The number of anilines is 1. The van der Waals surface area contributed by atoms with Gasteiger partial charge >= 0.3 is 0 Å². The van der Waals surface area contributed by atoms with Crippen molar-refractivity contribution in [3.8, 4) is 0 Å². The van der Waals surface area contributed by atoms with Crippen molar-refractivity contribution < 1.29 is 0 Å². The summed E-state index contributed by atoms with van der Waals surface area (Å²) in [6.45, 7) is 3.73. The summed E-state index contributed by atoms with van der Waals surface area (Å²) in [6.07, 6.45) is 1.23. The molecule has 0 atom stereocenters. The molecular formula is C9H11ClN4. The Kier molecular flexibility index (Phi) is 1.85. The number of nitrogens with zero attached hydrogens (tertiary/aromatic N) is 3. The average Bonchev–Trinajstić information content (AvgIpc) is 2.48. The molecule has 2 aliphatic heterocycles. The van der Waals surface area contributed by atoms with Gasteiger partial charge in [0.15, 0.2) is 0 Å². The molecule has 1 N–H and O–H groups in total. The molecule has 0 spiro atoms. The highest BCUT2D eigenvalue weighted by atomic mass is 35.5. The first kappa shape index (κ1) is 8.44. The number of rotatable bonds is 1. The second kappa shape index (κ2) is 3.07. The van der Waals surface area contributed by atoms with Gasteiger partial charge in [-0.3, -0.25) is 0 Å². The summed E-state index contributed by atoms with van der Waals surface area (Å²) in [7, 11) is 0. The van der Waals surface area contributed by atoms with Crippen LogP contribution in [0.25, 0.3) is 0 Å². The van der Waals surface area contributed by atoms with Gasteiger partial charge in [0.25, 0.3) is 0 Å². The third kappa shape index (κ3) is 1.18. The Labute approximate surface area is 87.3 Å². The van der Waals surface area contributed by atoms with E-state index in [4.69, 9.17) is 11.6 Å². The zero-order chi connectivity index (χ0) is 9.54. The molecule has 4 nitrogen and oxygen atoms in total. The summed E-state index contributed by atoms with van der Waals surface area (Å²) in [5, 5.41) is 3.84. The lowest BCUT2D eigenvalue weighted by molar-refractivity contribution is 0.598. The van der Waals surface area contributed by atoms with E-state index in [1.54, 1.807) is 0 Å². The number of aromatic nitrogens is 2. The molecule has 0 radical (unpaired) electrons. The first-order valence-electron chi connectivity index (χ1n) is 4.85. The van der Waals surface area contributed by atoms with Gasteiger partial charge in [0.2, 0.25) is 5.95 Å². The molecule has 0 aromatic carbocycles. The molecule has 3 heterocycles. The normalized spacial score (nSPS) is 19.4. The molecule has 74 valence electrons. The molecule has 2 aliphatic rings. The highest BCUT2D eigenvalue weighted by molar-refractivity contribution is 6.30. The van der Waals surface area contributed by atoms with E-state index in [9.17, 15) is 0 Å². The van der Waals surface area contributed by atoms with Crippen LogP contribution in [0.1, 0.15) is 17.7 Å². The molecule has 3 rings (SSSR count). The van der Waals surface area contributed by atoms with Crippen molar-refractivity contribution in [2.24, 2.45) is 0 Å². The van der Waals surface area contributed by atoms with Crippen molar-refractivity contribution >= 4 is 17.5 Å².